The van der Waals surface area contributed by atoms with E-state index in [-0.39, 0.29) is 5.75 Å². The molecule has 1 aliphatic rings. The summed E-state index contributed by atoms with van der Waals surface area (Å²) in [6.07, 6.45) is 2.43. The van der Waals surface area contributed by atoms with Gasteiger partial charge in [-0.05, 0) is 30.9 Å². The maximum atomic E-state index is 12.0. The van der Waals surface area contributed by atoms with Crippen molar-refractivity contribution in [3.63, 3.8) is 0 Å². The molecule has 0 bridgehead atoms. The predicted molar refractivity (Wildman–Crippen MR) is 65.0 cm³/mol. The van der Waals surface area contributed by atoms with Gasteiger partial charge in [0, 0.05) is 6.04 Å². The van der Waals surface area contributed by atoms with Crippen molar-refractivity contribution in [3.05, 3.63) is 23.7 Å². The molecule has 17 heavy (non-hydrogen) atoms. The van der Waals surface area contributed by atoms with Gasteiger partial charge in [-0.1, -0.05) is 18.7 Å². The highest BCUT2D eigenvalue weighted by Gasteiger charge is 2.24. The molecule has 0 spiro atoms. The fourth-order valence-electron chi connectivity index (χ4n) is 2.05. The van der Waals surface area contributed by atoms with Crippen LogP contribution in [0.3, 0.4) is 0 Å². The van der Waals surface area contributed by atoms with Crippen LogP contribution >= 0.6 is 11.8 Å². The van der Waals surface area contributed by atoms with Gasteiger partial charge in [0.1, 0.15) is 11.5 Å². The molecule has 1 saturated carbocycles. The Morgan fingerprint density at radius 3 is 2.76 bits per heavy atom. The van der Waals surface area contributed by atoms with Gasteiger partial charge in [0.15, 0.2) is 0 Å². The first kappa shape index (κ1) is 12.9. The fourth-order valence-corrected chi connectivity index (χ4v) is 2.50. The third-order valence-corrected chi connectivity index (χ3v) is 3.71. The molecule has 0 saturated heterocycles. The highest BCUT2D eigenvalue weighted by Crippen LogP contribution is 2.27. The van der Waals surface area contributed by atoms with Gasteiger partial charge in [-0.15, -0.1) is 0 Å². The van der Waals surface area contributed by atoms with Crippen LogP contribution in [-0.4, -0.2) is 11.8 Å². The van der Waals surface area contributed by atoms with Crippen LogP contribution in [0.1, 0.15) is 31.3 Å². The van der Waals surface area contributed by atoms with Crippen molar-refractivity contribution in [2.45, 2.75) is 43.9 Å². The maximum absolute atomic E-state index is 12.0. The average Bonchev–Trinajstić information content (AvgIpc) is 2.68. The van der Waals surface area contributed by atoms with Gasteiger partial charge in [-0.2, -0.15) is 8.78 Å². The van der Waals surface area contributed by atoms with E-state index in [9.17, 15) is 8.78 Å². The zero-order chi connectivity index (χ0) is 12.3. The van der Waals surface area contributed by atoms with Gasteiger partial charge in [-0.3, -0.25) is 0 Å². The maximum Gasteiger partial charge on any atom is 0.284 e. The molecule has 1 aromatic heterocycles. The smallest absolute Gasteiger partial charge is 0.284 e. The molecule has 1 N–H and O–H groups in total. The van der Waals surface area contributed by atoms with Crippen LogP contribution in [0.5, 0.6) is 0 Å². The lowest BCUT2D eigenvalue weighted by Gasteiger charge is -2.33. The number of rotatable bonds is 6. The number of hydrogen-bond acceptors (Lipinski definition) is 3. The first-order valence-electron chi connectivity index (χ1n) is 5.84. The van der Waals surface area contributed by atoms with Crippen LogP contribution in [0.4, 0.5) is 8.78 Å². The molecule has 2 rings (SSSR count). The van der Waals surface area contributed by atoms with Crippen LogP contribution in [-0.2, 0) is 12.3 Å². The molecular weight excluding hydrogens is 244 g/mol. The molecule has 0 unspecified atom stereocenters. The molecule has 0 aliphatic heterocycles. The molecule has 1 aromatic rings. The lowest BCUT2D eigenvalue weighted by atomic mass is 9.82. The molecule has 1 aliphatic carbocycles. The normalized spacial score (nSPS) is 24.0. The Hall–Kier alpha value is -0.550. The minimum Gasteiger partial charge on any atom is -0.464 e. The molecule has 2 nitrogen and oxygen atoms in total. The van der Waals surface area contributed by atoms with Gasteiger partial charge < -0.3 is 9.73 Å². The van der Waals surface area contributed by atoms with E-state index in [1.54, 1.807) is 6.07 Å². The standard InChI is InChI=1S/C12H17F2NOS/c1-8-4-9(5-8)15-6-10-2-3-11(16-10)7-17-12(13)14/h2-3,8-9,12,15H,4-7H2,1H3. The average molecular weight is 261 g/mol. The third kappa shape index (κ3) is 4.00. The van der Waals surface area contributed by atoms with E-state index >= 15 is 0 Å². The number of furan rings is 1. The molecule has 0 aromatic carbocycles. The van der Waals surface area contributed by atoms with E-state index in [1.807, 2.05) is 6.07 Å². The van der Waals surface area contributed by atoms with E-state index in [2.05, 4.69) is 12.2 Å². The van der Waals surface area contributed by atoms with Crippen LogP contribution in [0.15, 0.2) is 16.5 Å². The summed E-state index contributed by atoms with van der Waals surface area (Å²) in [5.74, 6) is 0.168. The Kier molecular flexibility index (Phi) is 4.45. The summed E-state index contributed by atoms with van der Waals surface area (Å²) in [6.45, 7) is 2.93. The summed E-state index contributed by atoms with van der Waals surface area (Å²) >= 11 is 0.591. The molecule has 0 radical (unpaired) electrons. The molecule has 1 fully saturated rings. The zero-order valence-corrected chi connectivity index (χ0v) is 10.6. The second-order valence-corrected chi connectivity index (χ2v) is 5.57. The summed E-state index contributed by atoms with van der Waals surface area (Å²) in [5.41, 5.74) is 0. The van der Waals surface area contributed by atoms with Gasteiger partial charge in [0.2, 0.25) is 0 Å². The SMILES string of the molecule is CC1CC(NCc2ccc(CSC(F)F)o2)C1. The number of nitrogens with one attached hydrogen (secondary N) is 1. The first-order chi connectivity index (χ1) is 8.13. The number of alkyl halides is 2. The Morgan fingerprint density at radius 1 is 1.41 bits per heavy atom. The number of hydrogen-bond donors (Lipinski definition) is 1. The predicted octanol–water partition coefficient (Wildman–Crippen LogP) is 3.62. The quantitative estimate of drug-likeness (QED) is 0.846. The summed E-state index contributed by atoms with van der Waals surface area (Å²) in [4.78, 5) is 0. The molecule has 96 valence electrons. The van der Waals surface area contributed by atoms with Crippen LogP contribution in [0.2, 0.25) is 0 Å². The molecule has 0 atom stereocenters. The van der Waals surface area contributed by atoms with Crippen LogP contribution in [0.25, 0.3) is 0 Å². The lowest BCUT2D eigenvalue weighted by Crippen LogP contribution is -2.39. The van der Waals surface area contributed by atoms with Crippen LogP contribution < -0.4 is 5.32 Å². The largest absolute Gasteiger partial charge is 0.464 e. The van der Waals surface area contributed by atoms with E-state index in [0.717, 1.165) is 11.7 Å². The Morgan fingerprint density at radius 2 is 2.12 bits per heavy atom. The minimum atomic E-state index is -2.34. The van der Waals surface area contributed by atoms with E-state index in [4.69, 9.17) is 4.42 Å². The van der Waals surface area contributed by atoms with E-state index in [1.165, 1.54) is 12.8 Å². The summed E-state index contributed by atoms with van der Waals surface area (Å²) in [5, 5.41) is 3.40. The Bertz CT molecular complexity index is 350. The number of halogens is 2. The molecule has 1 heterocycles. The first-order valence-corrected chi connectivity index (χ1v) is 6.89. The van der Waals surface area contributed by atoms with Gasteiger partial charge in [-0.25, -0.2) is 0 Å². The summed E-state index contributed by atoms with van der Waals surface area (Å²) in [6, 6.07) is 4.22. The highest BCUT2D eigenvalue weighted by atomic mass is 32.2. The zero-order valence-electron chi connectivity index (χ0n) is 9.79. The fraction of sp³-hybridized carbons (Fsp3) is 0.667. The van der Waals surface area contributed by atoms with Crippen molar-refractivity contribution in [1.29, 1.82) is 0 Å². The van der Waals surface area contributed by atoms with E-state index < -0.39 is 5.76 Å². The van der Waals surface area contributed by atoms with Gasteiger partial charge in [0.25, 0.3) is 5.76 Å². The van der Waals surface area contributed by atoms with Crippen molar-refractivity contribution in [3.8, 4) is 0 Å². The molecule has 5 heteroatoms. The monoisotopic (exact) mass is 261 g/mol. The number of thioether (sulfide) groups is 1. The summed E-state index contributed by atoms with van der Waals surface area (Å²) < 4.78 is 29.4. The summed E-state index contributed by atoms with van der Waals surface area (Å²) in [7, 11) is 0. The van der Waals surface area contributed by atoms with Crippen molar-refractivity contribution in [2.75, 3.05) is 0 Å². The lowest BCUT2D eigenvalue weighted by molar-refractivity contribution is 0.235. The Balaban J connectivity index is 1.70. The minimum absolute atomic E-state index is 0.234. The van der Waals surface area contributed by atoms with Gasteiger partial charge in [0.05, 0.1) is 12.3 Å². The molecular formula is C12H17F2NOS. The van der Waals surface area contributed by atoms with Gasteiger partial charge >= 0.3 is 0 Å². The highest BCUT2D eigenvalue weighted by molar-refractivity contribution is 7.98. The Labute approximate surface area is 104 Å². The van der Waals surface area contributed by atoms with Crippen molar-refractivity contribution in [1.82, 2.24) is 5.32 Å². The van der Waals surface area contributed by atoms with Crippen molar-refractivity contribution >= 4 is 11.8 Å². The molecule has 0 amide bonds. The van der Waals surface area contributed by atoms with Crippen LogP contribution in [0, 0.1) is 5.92 Å². The van der Waals surface area contributed by atoms with Crippen molar-refractivity contribution < 1.29 is 13.2 Å². The third-order valence-electron chi connectivity index (χ3n) is 3.01. The van der Waals surface area contributed by atoms with E-state index in [0.29, 0.717) is 30.1 Å². The second-order valence-electron chi connectivity index (χ2n) is 4.59. The van der Waals surface area contributed by atoms with Crippen molar-refractivity contribution in [2.24, 2.45) is 5.92 Å². The topological polar surface area (TPSA) is 25.2 Å². The second kappa shape index (κ2) is 5.87.